The van der Waals surface area contributed by atoms with E-state index in [1.54, 1.807) is 0 Å². The normalized spacial score (nSPS) is 17.3. The molecule has 1 atom stereocenters. The molecule has 1 heterocycles. The lowest BCUT2D eigenvalue weighted by molar-refractivity contribution is -0.148. The average molecular weight is 290 g/mol. The zero-order valence-electron chi connectivity index (χ0n) is 13.3. The number of rotatable bonds is 7. The molecule has 4 nitrogen and oxygen atoms in total. The predicted molar refractivity (Wildman–Crippen MR) is 83.9 cm³/mol. The third-order valence-corrected chi connectivity index (χ3v) is 4.24. The number of carbonyl (C=O) groups is 1. The van der Waals surface area contributed by atoms with E-state index < -0.39 is 5.54 Å². The topological polar surface area (TPSA) is 41.6 Å². The van der Waals surface area contributed by atoms with Gasteiger partial charge in [0.2, 0.25) is 0 Å². The highest BCUT2D eigenvalue weighted by atomic mass is 16.5. The van der Waals surface area contributed by atoms with Crippen molar-refractivity contribution in [2.45, 2.75) is 45.3 Å². The Labute approximate surface area is 127 Å². The summed E-state index contributed by atoms with van der Waals surface area (Å²) in [5, 5.41) is 3.34. The molecule has 0 amide bonds. The zero-order valence-corrected chi connectivity index (χ0v) is 13.3. The molecule has 1 aliphatic heterocycles. The van der Waals surface area contributed by atoms with Crippen molar-refractivity contribution in [3.63, 3.8) is 0 Å². The van der Waals surface area contributed by atoms with Gasteiger partial charge in [-0.15, -0.1) is 0 Å². The van der Waals surface area contributed by atoms with E-state index in [9.17, 15) is 4.79 Å². The number of methoxy groups -OCH3 is 1. The number of esters is 1. The minimum Gasteiger partial charge on any atom is -0.468 e. The third kappa shape index (κ3) is 3.83. The second-order valence-corrected chi connectivity index (χ2v) is 5.98. The molecular weight excluding hydrogens is 264 g/mol. The summed E-state index contributed by atoms with van der Waals surface area (Å²) in [6, 6.07) is 8.54. The van der Waals surface area contributed by atoms with Crippen molar-refractivity contribution in [3.05, 3.63) is 35.4 Å². The van der Waals surface area contributed by atoms with Crippen LogP contribution in [-0.2, 0) is 22.6 Å². The van der Waals surface area contributed by atoms with Crippen molar-refractivity contribution >= 4 is 5.97 Å². The first kappa shape index (κ1) is 16.0. The second kappa shape index (κ2) is 7.05. The van der Waals surface area contributed by atoms with E-state index in [2.05, 4.69) is 41.4 Å². The Morgan fingerprint density at radius 2 is 1.95 bits per heavy atom. The van der Waals surface area contributed by atoms with Crippen LogP contribution in [0.4, 0.5) is 0 Å². The first-order valence-corrected chi connectivity index (χ1v) is 7.71. The van der Waals surface area contributed by atoms with Gasteiger partial charge >= 0.3 is 5.97 Å². The van der Waals surface area contributed by atoms with Crippen LogP contribution in [0.3, 0.4) is 0 Å². The molecule has 0 saturated carbocycles. The van der Waals surface area contributed by atoms with Crippen LogP contribution in [0.25, 0.3) is 0 Å². The average Bonchev–Trinajstić information content (AvgIpc) is 2.93. The molecule has 0 fully saturated rings. The number of fused-ring (bicyclic) bond motifs is 1. The van der Waals surface area contributed by atoms with E-state index in [-0.39, 0.29) is 5.97 Å². The van der Waals surface area contributed by atoms with Crippen LogP contribution in [0.5, 0.6) is 0 Å². The first-order chi connectivity index (χ1) is 10.1. The molecule has 1 N–H and O–H groups in total. The molecule has 1 unspecified atom stereocenters. The number of nitrogens with one attached hydrogen (secondary N) is 1. The summed E-state index contributed by atoms with van der Waals surface area (Å²) in [4.78, 5) is 14.4. The molecule has 2 rings (SSSR count). The second-order valence-electron chi connectivity index (χ2n) is 5.98. The van der Waals surface area contributed by atoms with E-state index in [1.807, 2.05) is 6.92 Å². The van der Waals surface area contributed by atoms with Crippen molar-refractivity contribution in [2.75, 3.05) is 20.2 Å². The molecule has 1 aromatic rings. The summed E-state index contributed by atoms with van der Waals surface area (Å²) < 4.78 is 4.97. The number of benzene rings is 1. The molecule has 0 aliphatic carbocycles. The first-order valence-electron chi connectivity index (χ1n) is 7.71. The third-order valence-electron chi connectivity index (χ3n) is 4.24. The van der Waals surface area contributed by atoms with E-state index in [1.165, 1.54) is 18.2 Å². The largest absolute Gasteiger partial charge is 0.468 e. The molecule has 0 radical (unpaired) electrons. The Bertz CT molecular complexity index is 464. The smallest absolute Gasteiger partial charge is 0.325 e. The summed E-state index contributed by atoms with van der Waals surface area (Å²) in [5.74, 6) is -0.173. The Balaban J connectivity index is 1.92. The van der Waals surface area contributed by atoms with Crippen molar-refractivity contribution in [3.8, 4) is 0 Å². The van der Waals surface area contributed by atoms with Crippen molar-refractivity contribution in [1.29, 1.82) is 0 Å². The van der Waals surface area contributed by atoms with Crippen LogP contribution in [0.1, 0.15) is 37.8 Å². The Hall–Kier alpha value is -1.39. The van der Waals surface area contributed by atoms with Gasteiger partial charge in [0, 0.05) is 19.6 Å². The highest BCUT2D eigenvalue weighted by Crippen LogP contribution is 2.23. The van der Waals surface area contributed by atoms with Gasteiger partial charge in [-0.05, 0) is 37.4 Å². The molecule has 116 valence electrons. The lowest BCUT2D eigenvalue weighted by Crippen LogP contribution is -2.52. The lowest BCUT2D eigenvalue weighted by atomic mass is 9.97. The van der Waals surface area contributed by atoms with Crippen molar-refractivity contribution < 1.29 is 9.53 Å². The van der Waals surface area contributed by atoms with Crippen LogP contribution in [0.2, 0.25) is 0 Å². The molecular formula is C17H26N2O2. The molecule has 0 bridgehead atoms. The lowest BCUT2D eigenvalue weighted by Gasteiger charge is -2.30. The summed E-state index contributed by atoms with van der Waals surface area (Å²) in [6.45, 7) is 7.70. The van der Waals surface area contributed by atoms with Crippen LogP contribution < -0.4 is 5.32 Å². The van der Waals surface area contributed by atoms with Gasteiger partial charge < -0.3 is 10.1 Å². The maximum Gasteiger partial charge on any atom is 0.325 e. The minimum absolute atomic E-state index is 0.173. The monoisotopic (exact) mass is 290 g/mol. The van der Waals surface area contributed by atoms with Crippen LogP contribution in [0.15, 0.2) is 24.3 Å². The van der Waals surface area contributed by atoms with E-state index in [4.69, 9.17) is 4.74 Å². The minimum atomic E-state index is -0.598. The maximum absolute atomic E-state index is 12.1. The molecule has 21 heavy (non-hydrogen) atoms. The number of hydrogen-bond acceptors (Lipinski definition) is 4. The molecule has 0 aromatic heterocycles. The maximum atomic E-state index is 12.1. The number of hydrogen-bond donors (Lipinski definition) is 1. The van der Waals surface area contributed by atoms with Gasteiger partial charge in [-0.1, -0.05) is 31.2 Å². The van der Waals surface area contributed by atoms with Gasteiger partial charge in [-0.25, -0.2) is 0 Å². The number of nitrogens with zero attached hydrogens (tertiary/aromatic N) is 1. The van der Waals surface area contributed by atoms with E-state index >= 15 is 0 Å². The summed E-state index contributed by atoms with van der Waals surface area (Å²) in [5.41, 5.74) is 2.21. The standard InChI is InChI=1S/C17H26N2O2/c1-4-10-18-17(2,16(20)21-3)9-11-19-12-14-7-5-6-8-15(14)13-19/h5-8,18H,4,9-13H2,1-3H3. The van der Waals surface area contributed by atoms with Crippen molar-refractivity contribution in [2.24, 2.45) is 0 Å². The SMILES string of the molecule is CCCNC(C)(CCN1Cc2ccccc2C1)C(=O)OC. The highest BCUT2D eigenvalue weighted by Gasteiger charge is 2.34. The van der Waals surface area contributed by atoms with Gasteiger partial charge in [0.05, 0.1) is 7.11 Å². The Morgan fingerprint density at radius 3 is 2.48 bits per heavy atom. The zero-order chi connectivity index (χ0) is 15.3. The number of carbonyl (C=O) groups excluding carboxylic acids is 1. The summed E-state index contributed by atoms with van der Waals surface area (Å²) in [6.07, 6.45) is 1.76. The fourth-order valence-corrected chi connectivity index (χ4v) is 2.83. The van der Waals surface area contributed by atoms with E-state index in [0.717, 1.165) is 39.0 Å². The van der Waals surface area contributed by atoms with Crippen molar-refractivity contribution in [1.82, 2.24) is 10.2 Å². The summed E-state index contributed by atoms with van der Waals surface area (Å²) >= 11 is 0. The van der Waals surface area contributed by atoms with E-state index in [0.29, 0.717) is 0 Å². The molecule has 0 saturated heterocycles. The quantitative estimate of drug-likeness (QED) is 0.783. The molecule has 0 spiro atoms. The van der Waals surface area contributed by atoms with Gasteiger partial charge in [-0.3, -0.25) is 9.69 Å². The van der Waals surface area contributed by atoms with Gasteiger partial charge in [-0.2, -0.15) is 0 Å². The molecule has 1 aliphatic rings. The Morgan fingerprint density at radius 1 is 1.33 bits per heavy atom. The molecule has 1 aromatic carbocycles. The van der Waals surface area contributed by atoms with Crippen LogP contribution >= 0.6 is 0 Å². The highest BCUT2D eigenvalue weighted by molar-refractivity contribution is 5.80. The van der Waals surface area contributed by atoms with Gasteiger partial charge in [0.15, 0.2) is 0 Å². The van der Waals surface area contributed by atoms with Gasteiger partial charge in [0.1, 0.15) is 5.54 Å². The van der Waals surface area contributed by atoms with Gasteiger partial charge in [0.25, 0.3) is 0 Å². The van der Waals surface area contributed by atoms with Crippen LogP contribution in [-0.4, -0.2) is 36.6 Å². The fourth-order valence-electron chi connectivity index (χ4n) is 2.83. The Kier molecular flexibility index (Phi) is 5.37. The predicted octanol–water partition coefficient (Wildman–Crippen LogP) is 2.32. The van der Waals surface area contributed by atoms with Crippen LogP contribution in [0, 0.1) is 0 Å². The summed E-state index contributed by atoms with van der Waals surface area (Å²) in [7, 11) is 1.46. The fraction of sp³-hybridized carbons (Fsp3) is 0.588. The molecule has 4 heteroatoms. The number of ether oxygens (including phenoxy) is 1.